The molecular weight excluding hydrogens is 746 g/mol. The number of aliphatic hydroxyl groups is 2. The predicted octanol–water partition coefficient (Wildman–Crippen LogP) is 3.02. The zero-order valence-corrected chi connectivity index (χ0v) is 33.2. The molecule has 4 aliphatic rings. The lowest BCUT2D eigenvalue weighted by atomic mass is 9.68. The Morgan fingerprint density at radius 3 is 2.33 bits per heavy atom. The lowest BCUT2D eigenvalue weighted by Crippen LogP contribution is -2.58. The van der Waals surface area contributed by atoms with E-state index in [2.05, 4.69) is 0 Å². The highest BCUT2D eigenvalue weighted by Gasteiger charge is 2.52. The van der Waals surface area contributed by atoms with Crippen LogP contribution in [0.1, 0.15) is 115 Å². The van der Waals surface area contributed by atoms with Gasteiger partial charge in [0.25, 0.3) is 0 Å². The fourth-order valence-electron chi connectivity index (χ4n) is 8.70. The van der Waals surface area contributed by atoms with Gasteiger partial charge in [-0.05, 0) is 59.5 Å². The van der Waals surface area contributed by atoms with E-state index in [1.54, 1.807) is 13.8 Å². The van der Waals surface area contributed by atoms with Crippen molar-refractivity contribution in [1.82, 2.24) is 4.90 Å². The van der Waals surface area contributed by atoms with Crippen molar-refractivity contribution in [1.29, 1.82) is 0 Å². The van der Waals surface area contributed by atoms with Crippen LogP contribution < -0.4 is 0 Å². The highest BCUT2D eigenvalue weighted by atomic mass is 16.7. The second kappa shape index (κ2) is 17.2. The van der Waals surface area contributed by atoms with Crippen LogP contribution in [0.4, 0.5) is 0 Å². The first kappa shape index (κ1) is 42.8. The summed E-state index contributed by atoms with van der Waals surface area (Å²) in [6, 6.07) is 5.06. The van der Waals surface area contributed by atoms with E-state index in [-0.39, 0.29) is 65.1 Å². The Labute approximate surface area is 330 Å². The van der Waals surface area contributed by atoms with Crippen molar-refractivity contribution < 1.29 is 72.8 Å². The van der Waals surface area contributed by atoms with Gasteiger partial charge in [0.05, 0.1) is 48.3 Å². The third kappa shape index (κ3) is 8.25. The molecule has 16 nitrogen and oxygen atoms in total. The van der Waals surface area contributed by atoms with Crippen LogP contribution in [0.15, 0.2) is 24.3 Å². The number of esters is 1. The van der Waals surface area contributed by atoms with Crippen LogP contribution in [0.2, 0.25) is 0 Å². The number of benzene rings is 2. The number of ether oxygens (including phenoxy) is 7. The molecule has 2 fully saturated rings. The van der Waals surface area contributed by atoms with Gasteiger partial charge in [0.1, 0.15) is 35.9 Å². The van der Waals surface area contributed by atoms with Crippen LogP contribution in [0.5, 0.6) is 11.5 Å². The van der Waals surface area contributed by atoms with Crippen molar-refractivity contribution in [3.8, 4) is 11.5 Å². The first-order chi connectivity index (χ1) is 27.0. The number of carbonyl (C=O) groups is 4. The van der Waals surface area contributed by atoms with Crippen molar-refractivity contribution >= 4 is 23.8 Å². The molecule has 2 aliphatic heterocycles. The molecule has 0 bridgehead atoms. The number of aliphatic hydroxyl groups excluding tert-OH is 1. The second-order valence-electron chi connectivity index (χ2n) is 15.6. The Morgan fingerprint density at radius 2 is 1.70 bits per heavy atom. The molecule has 0 saturated carbocycles. The van der Waals surface area contributed by atoms with Crippen molar-refractivity contribution in [2.24, 2.45) is 0 Å². The summed E-state index contributed by atoms with van der Waals surface area (Å²) in [5.74, 6) is -4.66. The predicted molar refractivity (Wildman–Crippen MR) is 199 cm³/mol. The zero-order valence-electron chi connectivity index (χ0n) is 33.2. The van der Waals surface area contributed by atoms with E-state index in [1.807, 2.05) is 25.9 Å². The lowest BCUT2D eigenvalue weighted by molar-refractivity contribution is -0.322. The standard InChI is InChI=1S/C41H53NO15/c1-8-52-28(13-10-14-43)56-39-20(3)54-30(17-26(39)45)57-38-19(2)53-29(16-24(38)42(5)6)55-27-18-41(4,50)34(40(49)51-7)22-15-23-33(37(48)32(22)27)36(47)31-21(35(23)46)11-9-12-25(31)44/h9,11-12,14-15,19-20,24,26-30,34,38-39,44-45,48,50H,8,10,13,16-18H2,1-7H3/t19?,20?,24?,26?,27?,28?,29?,30?,34-,38?,39?,41?/m0/s1. The van der Waals surface area contributed by atoms with Gasteiger partial charge in [0.2, 0.25) is 5.78 Å². The Bertz CT molecular complexity index is 1830. The van der Waals surface area contributed by atoms with Gasteiger partial charge in [-0.3, -0.25) is 14.4 Å². The number of aromatic hydroxyl groups is 2. The zero-order chi connectivity index (χ0) is 41.5. The maximum atomic E-state index is 13.9. The molecule has 57 heavy (non-hydrogen) atoms. The summed E-state index contributed by atoms with van der Waals surface area (Å²) in [5, 5.41) is 45.4. The molecule has 0 radical (unpaired) electrons. The minimum Gasteiger partial charge on any atom is -0.507 e. The molecule has 312 valence electrons. The smallest absolute Gasteiger partial charge is 0.316 e. The average Bonchev–Trinajstić information content (AvgIpc) is 3.14. The highest BCUT2D eigenvalue weighted by molar-refractivity contribution is 6.30. The van der Waals surface area contributed by atoms with E-state index < -0.39 is 96.0 Å². The third-order valence-electron chi connectivity index (χ3n) is 11.4. The molecular formula is C41H53NO15. The van der Waals surface area contributed by atoms with Crippen molar-refractivity contribution in [2.45, 2.75) is 133 Å². The number of likely N-dealkylation sites (N-methyl/N-ethyl adjacent to an activating group) is 1. The highest BCUT2D eigenvalue weighted by Crippen LogP contribution is 2.53. The lowest BCUT2D eigenvalue weighted by Gasteiger charge is -2.47. The fourth-order valence-corrected chi connectivity index (χ4v) is 8.70. The van der Waals surface area contributed by atoms with Gasteiger partial charge in [0.15, 0.2) is 24.7 Å². The molecule has 11 unspecified atom stereocenters. The molecule has 2 aromatic rings. The molecule has 2 heterocycles. The van der Waals surface area contributed by atoms with E-state index in [0.29, 0.717) is 13.0 Å². The van der Waals surface area contributed by atoms with Crippen molar-refractivity contribution in [3.63, 3.8) is 0 Å². The largest absolute Gasteiger partial charge is 0.507 e. The first-order valence-corrected chi connectivity index (χ1v) is 19.3. The number of hydrogen-bond acceptors (Lipinski definition) is 16. The topological polar surface area (TPSA) is 217 Å². The Morgan fingerprint density at radius 1 is 1.02 bits per heavy atom. The van der Waals surface area contributed by atoms with E-state index in [4.69, 9.17) is 33.2 Å². The molecule has 0 aromatic heterocycles. The Kier molecular flexibility index (Phi) is 12.9. The summed E-state index contributed by atoms with van der Waals surface area (Å²) >= 11 is 0. The Hall–Kier alpha value is -3.84. The molecule has 12 atom stereocenters. The quantitative estimate of drug-likeness (QED) is 0.111. The number of rotatable bonds is 13. The van der Waals surface area contributed by atoms with E-state index in [0.717, 1.165) is 13.4 Å². The first-order valence-electron chi connectivity index (χ1n) is 19.3. The number of ketones is 2. The molecule has 16 heteroatoms. The fraction of sp³-hybridized carbons (Fsp3) is 0.610. The van der Waals surface area contributed by atoms with E-state index in [1.165, 1.54) is 31.2 Å². The molecule has 2 aromatic carbocycles. The Balaban J connectivity index is 1.25. The van der Waals surface area contributed by atoms with Crippen molar-refractivity contribution in [3.05, 3.63) is 57.6 Å². The monoisotopic (exact) mass is 799 g/mol. The van der Waals surface area contributed by atoms with Gasteiger partial charge in [-0.25, -0.2) is 0 Å². The summed E-state index contributed by atoms with van der Waals surface area (Å²) in [5.41, 5.74) is -2.59. The summed E-state index contributed by atoms with van der Waals surface area (Å²) in [6.07, 6.45) is -5.61. The normalized spacial score (nSPS) is 32.9. The van der Waals surface area contributed by atoms with E-state index >= 15 is 0 Å². The number of carbonyl (C=O) groups excluding carboxylic acids is 4. The number of methoxy groups -OCH3 is 1. The molecule has 2 saturated heterocycles. The maximum Gasteiger partial charge on any atom is 0.316 e. The van der Waals surface area contributed by atoms with Gasteiger partial charge in [-0.2, -0.15) is 0 Å². The van der Waals surface area contributed by atoms with Gasteiger partial charge >= 0.3 is 5.97 Å². The number of nitrogens with zero attached hydrogens (tertiary/aromatic N) is 1. The molecule has 0 spiro atoms. The van der Waals surface area contributed by atoms with Crippen LogP contribution >= 0.6 is 0 Å². The SMILES string of the molecule is CCOC(CCC=O)OC1C(O)CC(OC2C(C)OC(OC3CC(C)(O)[C@H](C(=O)OC)c4cc5c(c(O)c43)C(=O)c3c(O)cccc3C5=O)CC2N(C)C)OC1C. The minimum absolute atomic E-state index is 0.0137. The number of hydrogen-bond donors (Lipinski definition) is 4. The second-order valence-corrected chi connectivity index (χ2v) is 15.6. The van der Waals surface area contributed by atoms with Crippen LogP contribution in [0.25, 0.3) is 0 Å². The van der Waals surface area contributed by atoms with Gasteiger partial charge in [-0.15, -0.1) is 0 Å². The summed E-state index contributed by atoms with van der Waals surface area (Å²) in [6.45, 7) is 7.17. The molecule has 4 N–H and O–H groups in total. The summed E-state index contributed by atoms with van der Waals surface area (Å²) in [7, 11) is 4.88. The maximum absolute atomic E-state index is 13.9. The minimum atomic E-state index is -1.80. The van der Waals surface area contributed by atoms with E-state index in [9.17, 15) is 39.6 Å². The summed E-state index contributed by atoms with van der Waals surface area (Å²) < 4.78 is 42.3. The average molecular weight is 800 g/mol. The molecule has 2 aliphatic carbocycles. The number of phenolic OH excluding ortho intramolecular Hbond substituents is 2. The number of aldehydes is 1. The van der Waals surface area contributed by atoms with Gasteiger partial charge < -0.3 is 63.3 Å². The van der Waals surface area contributed by atoms with Crippen LogP contribution in [0, 0.1) is 0 Å². The summed E-state index contributed by atoms with van der Waals surface area (Å²) in [4.78, 5) is 53.7. The van der Waals surface area contributed by atoms with Crippen LogP contribution in [0.3, 0.4) is 0 Å². The third-order valence-corrected chi connectivity index (χ3v) is 11.4. The molecule has 6 rings (SSSR count). The number of fused-ring (bicyclic) bond motifs is 3. The van der Waals surface area contributed by atoms with Gasteiger partial charge in [-0.1, -0.05) is 12.1 Å². The van der Waals surface area contributed by atoms with Crippen LogP contribution in [-0.2, 0) is 42.7 Å². The van der Waals surface area contributed by atoms with Gasteiger partial charge in [0, 0.05) is 61.4 Å². The molecule has 0 amide bonds. The van der Waals surface area contributed by atoms with Crippen LogP contribution in [-0.4, -0.2) is 138 Å². The van der Waals surface area contributed by atoms with Crippen molar-refractivity contribution in [2.75, 3.05) is 27.8 Å². The number of phenols is 2.